The molecule has 10 aromatic heterocycles. The summed E-state index contributed by atoms with van der Waals surface area (Å²) in [5.41, 5.74) is 27.0. The summed E-state index contributed by atoms with van der Waals surface area (Å²) in [6.07, 6.45) is 23.7. The molecule has 11 aromatic carbocycles. The van der Waals surface area contributed by atoms with E-state index in [-0.39, 0.29) is 60.3 Å². The summed E-state index contributed by atoms with van der Waals surface area (Å²) in [6, 6.07) is 119. The first-order valence-corrected chi connectivity index (χ1v) is 44.4. The second kappa shape index (κ2) is 46.0. The fraction of sp³-hybridized carbons (Fsp3) is 0.108. The average molecular weight is 2320 g/mol. The maximum Gasteiger partial charge on any atom is 3.00 e. The van der Waals surface area contributed by atoms with E-state index in [0.29, 0.717) is 52.3 Å². The molecular weight excluding hydrogens is 2230 g/mol. The quantitative estimate of drug-likeness (QED) is 0.0916. The fourth-order valence-corrected chi connectivity index (χ4v) is 16.4. The summed E-state index contributed by atoms with van der Waals surface area (Å²) in [7, 11) is 2.07. The van der Waals surface area contributed by atoms with E-state index < -0.39 is 0 Å². The van der Waals surface area contributed by atoms with E-state index in [1.165, 1.54) is 86.7 Å². The Morgan fingerprint density at radius 3 is 1.61 bits per heavy atom. The number of rotatable bonds is 14. The number of nitrogens with zero attached hydrogens (tertiary/aromatic N) is 23. The van der Waals surface area contributed by atoms with Crippen LogP contribution in [0.5, 0.6) is 0 Å². The van der Waals surface area contributed by atoms with Crippen LogP contribution in [0.1, 0.15) is 73.3 Å². The van der Waals surface area contributed by atoms with Gasteiger partial charge in [-0.3, -0.25) is 24.9 Å². The molecule has 2 radical (unpaired) electrons. The van der Waals surface area contributed by atoms with Crippen molar-refractivity contribution >= 4 is 38.9 Å². The van der Waals surface area contributed by atoms with Crippen LogP contribution in [0.3, 0.4) is 0 Å². The van der Waals surface area contributed by atoms with Crippen LogP contribution in [0.15, 0.2) is 359 Å². The molecule has 0 amide bonds. The Bertz CT molecular complexity index is 7130. The van der Waals surface area contributed by atoms with E-state index in [1.807, 2.05) is 164 Å². The summed E-state index contributed by atoms with van der Waals surface area (Å²) < 4.78 is 4.39. The van der Waals surface area contributed by atoms with E-state index >= 15 is 0 Å². The van der Waals surface area contributed by atoms with E-state index in [1.54, 1.807) is 36.9 Å². The fourth-order valence-electron chi connectivity index (χ4n) is 16.4. The number of para-hydroxylation sites is 5. The van der Waals surface area contributed by atoms with Gasteiger partial charge in [0.2, 0.25) is 17.5 Å². The molecule has 21 aromatic rings. The Morgan fingerprint density at radius 1 is 0.372 bits per heavy atom. The topological polar surface area (TPSA) is 262 Å². The van der Waals surface area contributed by atoms with E-state index in [9.17, 15) is 0 Å². The molecule has 1 aliphatic heterocycles. The minimum absolute atomic E-state index is 0. The van der Waals surface area contributed by atoms with Crippen molar-refractivity contribution in [1.29, 1.82) is 0 Å². The number of hydrogen-bond donors (Lipinski definition) is 0. The summed E-state index contributed by atoms with van der Waals surface area (Å²) in [6.45, 7) is 6.54. The molecule has 24 rings (SSSR count). The number of hydrogen-bond acceptors (Lipinski definition) is 20. The zero-order valence-corrected chi connectivity index (χ0v) is 81.8. The number of pyridine rings is 4. The van der Waals surface area contributed by atoms with Gasteiger partial charge in [-0.05, 0) is 170 Å². The number of anilines is 3. The van der Waals surface area contributed by atoms with E-state index in [4.69, 9.17) is 0 Å². The Morgan fingerprint density at radius 2 is 0.949 bits per heavy atom. The number of aryl methyl sites for hydroxylation is 2. The van der Waals surface area contributed by atoms with Gasteiger partial charge in [0, 0.05) is 135 Å². The van der Waals surface area contributed by atoms with Crippen molar-refractivity contribution in [2.45, 2.75) is 71.1 Å². The van der Waals surface area contributed by atoms with Crippen LogP contribution in [0.25, 0.3) is 147 Å². The molecule has 26 heteroatoms. The van der Waals surface area contributed by atoms with Crippen molar-refractivity contribution in [2.75, 3.05) is 16.8 Å². The van der Waals surface area contributed by atoms with Gasteiger partial charge in [-0.25, -0.2) is 0 Å². The first kappa shape index (κ1) is 94.8. The van der Waals surface area contributed by atoms with E-state index in [0.717, 1.165) is 110 Å². The van der Waals surface area contributed by atoms with E-state index in [2.05, 4.69) is 331 Å². The molecule has 137 heavy (non-hydrogen) atoms. The van der Waals surface area contributed by atoms with Crippen molar-refractivity contribution in [1.82, 2.24) is 105 Å². The molecule has 0 spiro atoms. The molecule has 0 fully saturated rings. The standard InChI is InChI=1S/C26H17N4.C22H21N4.C20H14N3.C17H18N2.2C13H8N5.3Ir/c1-2-6-20(7-3-1)30-25-9-5-4-8-21(25)22-16-18(10-11-26(22)30)19-12-14-27-24(17-19)23-13-15-28-29-23;1-3-11-17-15(7-1)9-5-13-19(17)21-23-25-22(26-24-21)20-14-6-10-16-8-2-4-12-18(16)20;1-2-9-19(10-3-1)23-13-12-22-20(23)17-7-4-6-16(14-17)18-8-5-11-21-15-18;1-13(2)14-7-6-8-15(11-14)19-12-18(3)16-9-4-5-10-17(16)19;2*1-2-6-10(7-3-1)12-15-17-13(18-16-12)11-8-4-5-9-14-11;;;/h1-17H;5-6,9-10,13H,1-4,7-8,11-12H2;1-6,8-15H;4-7,9-13H,1-3H3;2*1-6,8-9H;;;/q3*-1;-2;2*-1;;;+3. The summed E-state index contributed by atoms with van der Waals surface area (Å²) in [5.74, 6) is 4.37. The predicted octanol–water partition coefficient (Wildman–Crippen LogP) is 22.3. The third-order valence-electron chi connectivity index (χ3n) is 23.1. The van der Waals surface area contributed by atoms with Crippen LogP contribution >= 0.6 is 0 Å². The summed E-state index contributed by atoms with van der Waals surface area (Å²) in [5, 5.41) is 60.5. The molecule has 0 atom stereocenters. The third kappa shape index (κ3) is 22.5. The molecule has 0 saturated carbocycles. The first-order valence-electron chi connectivity index (χ1n) is 44.4. The van der Waals surface area contributed by atoms with Crippen LogP contribution in [0, 0.1) is 37.0 Å². The minimum atomic E-state index is 0. The van der Waals surface area contributed by atoms with Gasteiger partial charge in [-0.1, -0.05) is 165 Å². The second-order valence-corrected chi connectivity index (χ2v) is 32.0. The van der Waals surface area contributed by atoms with Gasteiger partial charge in [0.1, 0.15) is 28.9 Å². The van der Waals surface area contributed by atoms with Crippen molar-refractivity contribution in [3.05, 3.63) is 424 Å². The maximum absolute atomic E-state index is 4.51. The van der Waals surface area contributed by atoms with Gasteiger partial charge in [0.05, 0.1) is 16.9 Å². The third-order valence-corrected chi connectivity index (χ3v) is 23.1. The first-order chi connectivity index (χ1) is 66.2. The smallest absolute Gasteiger partial charge is 0.574 e. The zero-order chi connectivity index (χ0) is 90.6. The van der Waals surface area contributed by atoms with Crippen LogP contribution in [0.4, 0.5) is 17.1 Å². The zero-order valence-electron chi connectivity index (χ0n) is 74.7. The van der Waals surface area contributed by atoms with Gasteiger partial charge >= 0.3 is 20.1 Å². The molecule has 0 bridgehead atoms. The number of imidazole rings is 1. The maximum atomic E-state index is 4.51. The molecule has 0 unspecified atom stereocenters. The molecule has 23 nitrogen and oxygen atoms in total. The van der Waals surface area contributed by atoms with Gasteiger partial charge in [0.15, 0.2) is 0 Å². The molecule has 0 saturated heterocycles. The van der Waals surface area contributed by atoms with Crippen LogP contribution in [-0.4, -0.2) is 107 Å². The molecule has 11 heterocycles. The molecule has 3 aliphatic rings. The van der Waals surface area contributed by atoms with Crippen molar-refractivity contribution in [2.24, 2.45) is 0 Å². The number of fused-ring (bicyclic) bond motifs is 6. The Balaban J connectivity index is 0.000000120. The molecule has 676 valence electrons. The average Bonchev–Trinajstić information content (AvgIpc) is 1.59. The van der Waals surface area contributed by atoms with Gasteiger partial charge in [-0.15, -0.1) is 173 Å². The van der Waals surface area contributed by atoms with Crippen molar-refractivity contribution in [3.63, 3.8) is 0 Å². The SMILES string of the molecule is CC(C)c1cc[c-]c(N2[CH-]N(C)c3ccccc32)c1.[Ir+3].[Ir].[Ir].[c-]1ccc(-c2cccnc2)cc1-c1nccn1-c1ccccc1.[c-]1ccc2c(c1-c1nnc(-c3cccc4c3CCCC4)nn1)CCCC2.[c-]1ccccc1-c1nnc(-c2ccccn2)nn1.[c-]1ccccc1-c1nnc(-c2ccccn2)nn1.c1ccc(-n2c3ccccc3c3cc(-c4ccnc(-c5ccn[n-]5)c4)ccc32)cc1. The predicted molar refractivity (Wildman–Crippen MR) is 523 cm³/mol. The van der Waals surface area contributed by atoms with Gasteiger partial charge in [-0.2, -0.15) is 61.0 Å². The van der Waals surface area contributed by atoms with Gasteiger partial charge < -0.3 is 29.1 Å². The van der Waals surface area contributed by atoms with Crippen LogP contribution in [-0.2, 0) is 86.0 Å². The van der Waals surface area contributed by atoms with Crippen molar-refractivity contribution in [3.8, 4) is 125 Å². The Hall–Kier alpha value is -15.4. The molecule has 0 N–H and O–H groups in total. The van der Waals surface area contributed by atoms with Crippen LogP contribution in [0.2, 0.25) is 0 Å². The number of aromatic nitrogens is 21. The summed E-state index contributed by atoms with van der Waals surface area (Å²) in [4.78, 5) is 25.8. The summed E-state index contributed by atoms with van der Waals surface area (Å²) >= 11 is 0. The van der Waals surface area contributed by atoms with Crippen LogP contribution < -0.4 is 14.9 Å². The second-order valence-electron chi connectivity index (χ2n) is 32.0. The minimum Gasteiger partial charge on any atom is -0.574 e. The van der Waals surface area contributed by atoms with Crippen molar-refractivity contribution < 1.29 is 60.3 Å². The Labute approximate surface area is 834 Å². The largest absolute Gasteiger partial charge is 3.00 e. The van der Waals surface area contributed by atoms with Gasteiger partial charge in [0.25, 0.3) is 0 Å². The Kier molecular flexibility index (Phi) is 31.8. The number of benzene rings is 11. The molecular formula is C111H86Ir3N23-4. The molecule has 2 aliphatic carbocycles. The monoisotopic (exact) mass is 2320 g/mol. The normalized spacial score (nSPS) is 11.9.